The van der Waals surface area contributed by atoms with Crippen molar-refractivity contribution in [2.24, 2.45) is 5.92 Å². The summed E-state index contributed by atoms with van der Waals surface area (Å²) >= 11 is 0. The van der Waals surface area contributed by atoms with Crippen LogP contribution in [0.3, 0.4) is 0 Å². The van der Waals surface area contributed by atoms with Crippen LogP contribution in [0, 0.1) is 5.92 Å². The Labute approximate surface area is 137 Å². The van der Waals surface area contributed by atoms with Crippen molar-refractivity contribution >= 4 is 21.6 Å². The lowest BCUT2D eigenvalue weighted by Gasteiger charge is -2.19. The van der Waals surface area contributed by atoms with E-state index in [0.29, 0.717) is 18.9 Å². The van der Waals surface area contributed by atoms with Gasteiger partial charge in [-0.15, -0.1) is 0 Å². The number of carbonyl (C=O) groups excluding carboxylic acids is 1. The van der Waals surface area contributed by atoms with Crippen LogP contribution in [0.2, 0.25) is 0 Å². The van der Waals surface area contributed by atoms with E-state index in [4.69, 9.17) is 0 Å². The highest BCUT2D eigenvalue weighted by Crippen LogP contribution is 2.22. The highest BCUT2D eigenvalue weighted by Gasteiger charge is 2.29. The molecule has 2 fully saturated rings. The Kier molecular flexibility index (Phi) is 4.75. The Balaban J connectivity index is 1.40. The number of benzene rings is 1. The zero-order chi connectivity index (χ0) is 16.3. The minimum Gasteiger partial charge on any atom is -0.371 e. The van der Waals surface area contributed by atoms with Crippen molar-refractivity contribution in [2.75, 3.05) is 36.0 Å². The third-order valence-electron chi connectivity index (χ3n) is 4.53. The molecule has 2 amide bonds. The van der Waals surface area contributed by atoms with Gasteiger partial charge in [-0.2, -0.15) is 0 Å². The Morgan fingerprint density at radius 3 is 2.70 bits per heavy atom. The summed E-state index contributed by atoms with van der Waals surface area (Å²) in [5.41, 5.74) is 1.22. The molecule has 0 aromatic heterocycles. The van der Waals surface area contributed by atoms with Gasteiger partial charge in [-0.1, -0.05) is 18.2 Å². The quantitative estimate of drug-likeness (QED) is 0.859. The summed E-state index contributed by atoms with van der Waals surface area (Å²) in [4.78, 5) is 14.2. The monoisotopic (exact) mass is 337 g/mol. The molecule has 1 aromatic rings. The van der Waals surface area contributed by atoms with Gasteiger partial charge in [0.25, 0.3) is 0 Å². The first-order valence-corrected chi connectivity index (χ1v) is 9.89. The van der Waals surface area contributed by atoms with Crippen LogP contribution < -0.4 is 15.5 Å². The number of sulfone groups is 1. The van der Waals surface area contributed by atoms with Crippen molar-refractivity contribution in [2.45, 2.75) is 18.9 Å². The first-order chi connectivity index (χ1) is 11.0. The van der Waals surface area contributed by atoms with Crippen LogP contribution >= 0.6 is 0 Å². The Bertz CT molecular complexity index is 648. The van der Waals surface area contributed by atoms with Gasteiger partial charge in [-0.25, -0.2) is 13.2 Å². The molecule has 0 unspecified atom stereocenters. The molecule has 1 aromatic carbocycles. The largest absolute Gasteiger partial charge is 0.371 e. The highest BCUT2D eigenvalue weighted by atomic mass is 32.2. The number of nitrogens with one attached hydrogen (secondary N) is 2. The Morgan fingerprint density at radius 1 is 1.22 bits per heavy atom. The Morgan fingerprint density at radius 2 is 2.00 bits per heavy atom. The second-order valence-electron chi connectivity index (χ2n) is 6.39. The van der Waals surface area contributed by atoms with Crippen LogP contribution in [-0.4, -0.2) is 51.6 Å². The average Bonchev–Trinajstić information content (AvgIpc) is 3.13. The van der Waals surface area contributed by atoms with Gasteiger partial charge in [0, 0.05) is 31.4 Å². The fourth-order valence-corrected chi connectivity index (χ4v) is 4.93. The van der Waals surface area contributed by atoms with E-state index in [1.165, 1.54) is 5.69 Å². The SMILES string of the molecule is O=C(NC[C@H]1CCN(c2ccccc2)C1)N[C@@H]1CCS(=O)(=O)C1. The van der Waals surface area contributed by atoms with Gasteiger partial charge in [0.05, 0.1) is 11.5 Å². The van der Waals surface area contributed by atoms with Gasteiger partial charge in [-0.3, -0.25) is 0 Å². The molecule has 7 heteroatoms. The minimum absolute atomic E-state index is 0.0611. The maximum atomic E-state index is 11.9. The van der Waals surface area contributed by atoms with E-state index in [2.05, 4.69) is 27.7 Å². The Hall–Kier alpha value is -1.76. The lowest BCUT2D eigenvalue weighted by molar-refractivity contribution is 0.236. The molecule has 126 valence electrons. The zero-order valence-corrected chi connectivity index (χ0v) is 13.9. The van der Waals surface area contributed by atoms with Gasteiger partial charge >= 0.3 is 6.03 Å². The van der Waals surface area contributed by atoms with Gasteiger partial charge < -0.3 is 15.5 Å². The summed E-state index contributed by atoms with van der Waals surface area (Å²) in [5.74, 6) is 0.659. The van der Waals surface area contributed by atoms with E-state index < -0.39 is 9.84 Å². The summed E-state index contributed by atoms with van der Waals surface area (Å²) in [6.45, 7) is 2.55. The molecule has 0 bridgehead atoms. The number of hydrogen-bond acceptors (Lipinski definition) is 4. The molecule has 0 radical (unpaired) electrons. The van der Waals surface area contributed by atoms with E-state index in [0.717, 1.165) is 19.5 Å². The first kappa shape index (κ1) is 16.1. The maximum Gasteiger partial charge on any atom is 0.315 e. The number of anilines is 1. The van der Waals surface area contributed by atoms with Crippen molar-refractivity contribution in [3.05, 3.63) is 30.3 Å². The number of rotatable bonds is 4. The van der Waals surface area contributed by atoms with Crippen molar-refractivity contribution in [3.8, 4) is 0 Å². The van der Waals surface area contributed by atoms with Crippen molar-refractivity contribution in [1.82, 2.24) is 10.6 Å². The predicted molar refractivity (Wildman–Crippen MR) is 90.4 cm³/mol. The predicted octanol–water partition coefficient (Wildman–Crippen LogP) is 0.999. The number of amides is 2. The second kappa shape index (κ2) is 6.78. The molecule has 2 N–H and O–H groups in total. The topological polar surface area (TPSA) is 78.5 Å². The third-order valence-corrected chi connectivity index (χ3v) is 6.29. The van der Waals surface area contributed by atoms with E-state index in [-0.39, 0.29) is 23.6 Å². The van der Waals surface area contributed by atoms with Crippen molar-refractivity contribution < 1.29 is 13.2 Å². The zero-order valence-electron chi connectivity index (χ0n) is 13.1. The summed E-state index contributed by atoms with van der Waals surface area (Å²) in [7, 11) is -2.96. The molecular weight excluding hydrogens is 314 g/mol. The maximum absolute atomic E-state index is 11.9. The van der Waals surface area contributed by atoms with Crippen LogP contribution in [0.1, 0.15) is 12.8 Å². The standard InChI is InChI=1S/C16H23N3O3S/c20-16(18-14-7-9-23(21,22)12-14)17-10-13-6-8-19(11-13)15-4-2-1-3-5-15/h1-5,13-14H,6-12H2,(H2,17,18,20)/t13-,14-/m1/s1. The lowest BCUT2D eigenvalue weighted by atomic mass is 10.1. The normalized spacial score (nSPS) is 26.2. The van der Waals surface area contributed by atoms with E-state index in [1.807, 2.05) is 18.2 Å². The molecular formula is C16H23N3O3S. The van der Waals surface area contributed by atoms with Crippen LogP contribution in [0.15, 0.2) is 30.3 Å². The average molecular weight is 337 g/mol. The number of para-hydroxylation sites is 1. The van der Waals surface area contributed by atoms with Crippen LogP contribution in [0.25, 0.3) is 0 Å². The number of carbonyl (C=O) groups is 1. The van der Waals surface area contributed by atoms with E-state index >= 15 is 0 Å². The van der Waals surface area contributed by atoms with Gasteiger partial charge in [0.2, 0.25) is 0 Å². The van der Waals surface area contributed by atoms with Crippen LogP contribution in [-0.2, 0) is 9.84 Å². The molecule has 2 heterocycles. The molecule has 2 saturated heterocycles. The summed E-state index contributed by atoms with van der Waals surface area (Å²) in [6, 6.07) is 9.77. The fraction of sp³-hybridized carbons (Fsp3) is 0.562. The number of hydrogen-bond donors (Lipinski definition) is 2. The fourth-order valence-electron chi connectivity index (χ4n) is 3.25. The summed E-state index contributed by atoms with van der Waals surface area (Å²) in [5, 5.41) is 5.64. The molecule has 6 nitrogen and oxygen atoms in total. The number of nitrogens with zero attached hydrogens (tertiary/aromatic N) is 1. The molecule has 3 rings (SSSR count). The molecule has 0 saturated carbocycles. The van der Waals surface area contributed by atoms with Crippen molar-refractivity contribution in [1.29, 1.82) is 0 Å². The van der Waals surface area contributed by atoms with Crippen molar-refractivity contribution in [3.63, 3.8) is 0 Å². The molecule has 23 heavy (non-hydrogen) atoms. The molecule has 2 aliphatic rings. The summed E-state index contributed by atoms with van der Waals surface area (Å²) in [6.07, 6.45) is 1.56. The lowest BCUT2D eigenvalue weighted by Crippen LogP contribution is -2.44. The molecule has 2 aliphatic heterocycles. The van der Waals surface area contributed by atoms with Crippen LogP contribution in [0.4, 0.5) is 10.5 Å². The smallest absolute Gasteiger partial charge is 0.315 e. The van der Waals surface area contributed by atoms with E-state index in [1.54, 1.807) is 0 Å². The third kappa shape index (κ3) is 4.37. The van der Waals surface area contributed by atoms with Gasteiger partial charge in [-0.05, 0) is 30.9 Å². The van der Waals surface area contributed by atoms with Gasteiger partial charge in [0.1, 0.15) is 0 Å². The van der Waals surface area contributed by atoms with Gasteiger partial charge in [0.15, 0.2) is 9.84 Å². The summed E-state index contributed by atoms with van der Waals surface area (Å²) < 4.78 is 22.8. The van der Waals surface area contributed by atoms with E-state index in [9.17, 15) is 13.2 Å². The second-order valence-corrected chi connectivity index (χ2v) is 8.62. The molecule has 2 atom stereocenters. The minimum atomic E-state index is -2.96. The van der Waals surface area contributed by atoms with Crippen LogP contribution in [0.5, 0.6) is 0 Å². The molecule has 0 spiro atoms. The highest BCUT2D eigenvalue weighted by molar-refractivity contribution is 7.91. The first-order valence-electron chi connectivity index (χ1n) is 8.07. The molecule has 0 aliphatic carbocycles. The number of urea groups is 1.